The largest absolute Gasteiger partial charge is 0.389 e. The first kappa shape index (κ1) is 24.4. The summed E-state index contributed by atoms with van der Waals surface area (Å²) in [5.74, 6) is 0.196. The van der Waals surface area contributed by atoms with E-state index in [0.717, 1.165) is 11.6 Å². The van der Waals surface area contributed by atoms with E-state index in [-0.39, 0.29) is 31.4 Å². The van der Waals surface area contributed by atoms with Gasteiger partial charge in [0, 0.05) is 58.1 Å². The minimum absolute atomic E-state index is 0.00951. The summed E-state index contributed by atoms with van der Waals surface area (Å²) in [6.45, 7) is 8.04. The van der Waals surface area contributed by atoms with Gasteiger partial charge < -0.3 is 4.74 Å². The molecule has 0 saturated carbocycles. The molecule has 1 fully saturated rings. The van der Waals surface area contributed by atoms with Crippen molar-refractivity contribution in [2.75, 3.05) is 18.1 Å². The maximum Gasteiger partial charge on any atom is 0.389 e. The summed E-state index contributed by atoms with van der Waals surface area (Å²) in [4.78, 5) is 18.5. The fourth-order valence-corrected chi connectivity index (χ4v) is 4.42. The Kier molecular flexibility index (Phi) is 7.76. The number of halogens is 3. The third kappa shape index (κ3) is 7.16. The standard InChI is InChI=1S/C22H31F3N4O2Si/c1-32(2,3)13-12-31-16-29-20(15-19(27-29)18-5-9-26-10-6-18)28-11-7-17(14-21(28)30)4-8-22(23,24)25/h5-6,9-10,15,17H,4,7-8,11-14,16H2,1-3H3. The van der Waals surface area contributed by atoms with Crippen molar-refractivity contribution in [3.05, 3.63) is 30.6 Å². The van der Waals surface area contributed by atoms with Crippen molar-refractivity contribution in [2.45, 2.75) is 64.3 Å². The van der Waals surface area contributed by atoms with E-state index < -0.39 is 20.7 Å². The van der Waals surface area contributed by atoms with Gasteiger partial charge in [-0.1, -0.05) is 19.6 Å². The lowest BCUT2D eigenvalue weighted by Gasteiger charge is -2.32. The van der Waals surface area contributed by atoms with Crippen molar-refractivity contribution in [1.82, 2.24) is 14.8 Å². The predicted octanol–water partition coefficient (Wildman–Crippen LogP) is 5.34. The summed E-state index contributed by atoms with van der Waals surface area (Å²) in [6.07, 6.45) is -1.04. The molecule has 0 aromatic carbocycles. The van der Waals surface area contributed by atoms with Crippen LogP contribution in [0.3, 0.4) is 0 Å². The molecule has 1 aliphatic heterocycles. The van der Waals surface area contributed by atoms with Crippen molar-refractivity contribution in [3.63, 3.8) is 0 Å². The van der Waals surface area contributed by atoms with Gasteiger partial charge in [0.1, 0.15) is 12.5 Å². The minimum atomic E-state index is -4.19. The molecule has 1 saturated heterocycles. The summed E-state index contributed by atoms with van der Waals surface area (Å²) in [5.41, 5.74) is 1.57. The summed E-state index contributed by atoms with van der Waals surface area (Å²) in [7, 11) is -1.24. The van der Waals surface area contributed by atoms with E-state index in [9.17, 15) is 18.0 Å². The second kappa shape index (κ2) is 10.2. The Morgan fingerprint density at radius 3 is 2.56 bits per heavy atom. The van der Waals surface area contributed by atoms with Gasteiger partial charge in [0.05, 0.1) is 5.69 Å². The second-order valence-corrected chi connectivity index (χ2v) is 15.2. The molecule has 10 heteroatoms. The molecule has 1 unspecified atom stereocenters. The molecule has 176 valence electrons. The number of hydrogen-bond donors (Lipinski definition) is 0. The number of carbonyl (C=O) groups is 1. The molecule has 0 bridgehead atoms. The van der Waals surface area contributed by atoms with Crippen LogP contribution in [0.4, 0.5) is 19.0 Å². The lowest BCUT2D eigenvalue weighted by molar-refractivity contribution is -0.139. The molecule has 0 radical (unpaired) electrons. The molecule has 1 amide bonds. The van der Waals surface area contributed by atoms with E-state index in [1.54, 1.807) is 22.0 Å². The monoisotopic (exact) mass is 468 g/mol. The Labute approximate surface area is 187 Å². The van der Waals surface area contributed by atoms with E-state index in [4.69, 9.17) is 4.74 Å². The van der Waals surface area contributed by atoms with Crippen LogP contribution in [-0.2, 0) is 16.3 Å². The molecule has 0 spiro atoms. The smallest absolute Gasteiger partial charge is 0.359 e. The zero-order chi connectivity index (χ0) is 23.4. The maximum absolute atomic E-state index is 12.8. The molecule has 1 atom stereocenters. The number of ether oxygens (including phenoxy) is 1. The molecule has 3 heterocycles. The van der Waals surface area contributed by atoms with E-state index in [1.807, 2.05) is 18.2 Å². The first-order valence-corrected chi connectivity index (χ1v) is 14.7. The first-order chi connectivity index (χ1) is 15.0. The van der Waals surface area contributed by atoms with Crippen molar-refractivity contribution in [2.24, 2.45) is 5.92 Å². The van der Waals surface area contributed by atoms with Crippen molar-refractivity contribution in [3.8, 4) is 11.3 Å². The van der Waals surface area contributed by atoms with Gasteiger partial charge in [0.15, 0.2) is 0 Å². The van der Waals surface area contributed by atoms with E-state index in [0.29, 0.717) is 31.1 Å². The Hall–Kier alpha value is -2.20. The molecule has 1 aliphatic rings. The average molecular weight is 469 g/mol. The number of pyridine rings is 1. The molecule has 2 aromatic rings. The Morgan fingerprint density at radius 1 is 1.22 bits per heavy atom. The SMILES string of the molecule is C[Si](C)(C)CCOCn1nc(-c2ccncc2)cc1N1CCC(CCC(F)(F)F)CC1=O. The van der Waals surface area contributed by atoms with Gasteiger partial charge in [0.2, 0.25) is 5.91 Å². The molecule has 6 nitrogen and oxygen atoms in total. The summed E-state index contributed by atoms with van der Waals surface area (Å²) < 4.78 is 45.2. The van der Waals surface area contributed by atoms with Crippen LogP contribution >= 0.6 is 0 Å². The van der Waals surface area contributed by atoms with Crippen LogP contribution in [0.5, 0.6) is 0 Å². The average Bonchev–Trinajstić information content (AvgIpc) is 3.13. The lowest BCUT2D eigenvalue weighted by atomic mass is 9.91. The number of carbonyl (C=O) groups excluding carboxylic acids is 1. The van der Waals surface area contributed by atoms with Gasteiger partial charge in [0.25, 0.3) is 0 Å². The fraction of sp³-hybridized carbons (Fsp3) is 0.591. The highest BCUT2D eigenvalue weighted by atomic mass is 28.3. The number of aromatic nitrogens is 3. The Bertz CT molecular complexity index is 897. The number of hydrogen-bond acceptors (Lipinski definition) is 4. The molecular formula is C22H31F3N4O2Si. The highest BCUT2D eigenvalue weighted by Crippen LogP contribution is 2.32. The number of nitrogens with zero attached hydrogens (tertiary/aromatic N) is 4. The number of anilines is 1. The second-order valence-electron chi connectivity index (χ2n) is 9.53. The van der Waals surface area contributed by atoms with Gasteiger partial charge in [-0.3, -0.25) is 14.7 Å². The molecule has 3 rings (SSSR count). The topological polar surface area (TPSA) is 60.2 Å². The zero-order valence-electron chi connectivity index (χ0n) is 18.9. The van der Waals surface area contributed by atoms with Crippen molar-refractivity contribution in [1.29, 1.82) is 0 Å². The predicted molar refractivity (Wildman–Crippen MR) is 120 cm³/mol. The number of amides is 1. The van der Waals surface area contributed by atoms with Crippen molar-refractivity contribution < 1.29 is 22.7 Å². The Balaban J connectivity index is 1.73. The van der Waals surface area contributed by atoms with Crippen LogP contribution in [0.15, 0.2) is 30.6 Å². The molecule has 32 heavy (non-hydrogen) atoms. The highest BCUT2D eigenvalue weighted by molar-refractivity contribution is 6.76. The van der Waals surface area contributed by atoms with E-state index in [2.05, 4.69) is 29.7 Å². The normalized spacial score (nSPS) is 17.8. The molecular weight excluding hydrogens is 437 g/mol. The van der Waals surface area contributed by atoms with Gasteiger partial charge in [-0.15, -0.1) is 0 Å². The van der Waals surface area contributed by atoms with Crippen LogP contribution in [-0.4, -0.2) is 48.1 Å². The number of rotatable bonds is 9. The number of piperidine rings is 1. The lowest BCUT2D eigenvalue weighted by Crippen LogP contribution is -2.40. The van der Waals surface area contributed by atoms with Crippen LogP contribution < -0.4 is 4.90 Å². The third-order valence-electron chi connectivity index (χ3n) is 5.58. The zero-order valence-corrected chi connectivity index (χ0v) is 19.9. The van der Waals surface area contributed by atoms with Crippen LogP contribution in [0.1, 0.15) is 25.7 Å². The quantitative estimate of drug-likeness (QED) is 0.368. The Morgan fingerprint density at radius 2 is 1.94 bits per heavy atom. The summed E-state index contributed by atoms with van der Waals surface area (Å²) in [5, 5.41) is 4.64. The minimum Gasteiger partial charge on any atom is -0.359 e. The summed E-state index contributed by atoms with van der Waals surface area (Å²) >= 11 is 0. The van der Waals surface area contributed by atoms with Crippen LogP contribution in [0.25, 0.3) is 11.3 Å². The van der Waals surface area contributed by atoms with Gasteiger partial charge in [-0.2, -0.15) is 18.3 Å². The van der Waals surface area contributed by atoms with E-state index in [1.165, 1.54) is 0 Å². The highest BCUT2D eigenvalue weighted by Gasteiger charge is 2.33. The maximum atomic E-state index is 12.8. The third-order valence-corrected chi connectivity index (χ3v) is 7.29. The molecule has 2 aromatic heterocycles. The fourth-order valence-electron chi connectivity index (χ4n) is 3.66. The van der Waals surface area contributed by atoms with Crippen LogP contribution in [0, 0.1) is 5.92 Å². The molecule has 0 N–H and O–H groups in total. The number of alkyl halides is 3. The summed E-state index contributed by atoms with van der Waals surface area (Å²) in [6, 6.07) is 6.54. The van der Waals surface area contributed by atoms with Gasteiger partial charge >= 0.3 is 6.18 Å². The van der Waals surface area contributed by atoms with Crippen LogP contribution in [0.2, 0.25) is 25.7 Å². The van der Waals surface area contributed by atoms with E-state index >= 15 is 0 Å². The van der Waals surface area contributed by atoms with Gasteiger partial charge in [-0.05, 0) is 36.9 Å². The molecule has 0 aliphatic carbocycles. The van der Waals surface area contributed by atoms with Gasteiger partial charge in [-0.25, -0.2) is 4.68 Å². The van der Waals surface area contributed by atoms with Crippen molar-refractivity contribution >= 4 is 19.8 Å². The first-order valence-electron chi connectivity index (χ1n) is 10.9.